The summed E-state index contributed by atoms with van der Waals surface area (Å²) >= 11 is 3.43. The lowest BCUT2D eigenvalue weighted by Crippen LogP contribution is -2.05. The third-order valence-corrected chi connectivity index (χ3v) is 4.88. The van der Waals surface area contributed by atoms with E-state index in [1.165, 1.54) is 0 Å². The summed E-state index contributed by atoms with van der Waals surface area (Å²) in [6.45, 7) is 3.99. The van der Waals surface area contributed by atoms with E-state index in [2.05, 4.69) is 32.5 Å². The molecule has 0 fully saturated rings. The van der Waals surface area contributed by atoms with E-state index < -0.39 is 0 Å². The third-order valence-electron chi connectivity index (χ3n) is 4.39. The molecule has 0 amide bonds. The first-order chi connectivity index (χ1) is 12.6. The number of halogens is 1. The molecule has 0 aliphatic carbocycles. The Labute approximate surface area is 158 Å². The van der Waals surface area contributed by atoms with E-state index in [0.29, 0.717) is 16.8 Å². The SMILES string of the molecule is C=C(C(=O)c1nccc2c1[nH]c1ccc(OC)cc12)c1cccc(Br)c1. The summed E-state index contributed by atoms with van der Waals surface area (Å²) in [5.41, 5.74) is 3.17. The van der Waals surface area contributed by atoms with E-state index in [9.17, 15) is 4.79 Å². The van der Waals surface area contributed by atoms with Crippen LogP contribution in [0.3, 0.4) is 0 Å². The third kappa shape index (κ3) is 2.70. The Morgan fingerprint density at radius 3 is 2.77 bits per heavy atom. The van der Waals surface area contributed by atoms with Crippen LogP contribution in [0.15, 0.2) is 65.8 Å². The number of pyridine rings is 1. The van der Waals surface area contributed by atoms with Gasteiger partial charge in [0.25, 0.3) is 0 Å². The summed E-state index contributed by atoms with van der Waals surface area (Å²) in [5.74, 6) is 0.564. The number of methoxy groups -OCH3 is 1. The molecular formula is C21H15BrN2O2. The van der Waals surface area contributed by atoms with Gasteiger partial charge < -0.3 is 9.72 Å². The number of fused-ring (bicyclic) bond motifs is 3. The molecule has 0 radical (unpaired) electrons. The van der Waals surface area contributed by atoms with E-state index in [0.717, 1.165) is 32.1 Å². The molecule has 2 aromatic carbocycles. The van der Waals surface area contributed by atoms with Crippen LogP contribution in [0.2, 0.25) is 0 Å². The van der Waals surface area contributed by atoms with E-state index in [-0.39, 0.29) is 5.78 Å². The van der Waals surface area contributed by atoms with Crippen molar-refractivity contribution < 1.29 is 9.53 Å². The highest BCUT2D eigenvalue weighted by atomic mass is 79.9. The van der Waals surface area contributed by atoms with E-state index in [1.54, 1.807) is 13.3 Å². The standard InChI is InChI=1S/C21H15BrN2O2/c1-12(13-4-3-5-14(22)10-13)21(25)20-19-16(8-9-23-20)17-11-15(26-2)6-7-18(17)24-19/h3-11,24H,1H2,2H3. The number of carbonyl (C=O) groups excluding carboxylic acids is 1. The average molecular weight is 407 g/mol. The van der Waals surface area contributed by atoms with Crippen molar-refractivity contribution in [2.45, 2.75) is 0 Å². The smallest absolute Gasteiger partial charge is 0.213 e. The van der Waals surface area contributed by atoms with Gasteiger partial charge in [-0.05, 0) is 42.0 Å². The van der Waals surface area contributed by atoms with Crippen molar-refractivity contribution in [3.05, 3.63) is 77.0 Å². The maximum Gasteiger partial charge on any atom is 0.213 e. The second-order valence-electron chi connectivity index (χ2n) is 5.94. The molecule has 4 nitrogen and oxygen atoms in total. The second kappa shape index (κ2) is 6.42. The summed E-state index contributed by atoms with van der Waals surface area (Å²) in [7, 11) is 1.63. The van der Waals surface area contributed by atoms with Gasteiger partial charge in [-0.25, -0.2) is 0 Å². The fourth-order valence-corrected chi connectivity index (χ4v) is 3.45. The lowest BCUT2D eigenvalue weighted by molar-refractivity contribution is 0.105. The Morgan fingerprint density at radius 1 is 1.15 bits per heavy atom. The minimum absolute atomic E-state index is 0.202. The maximum atomic E-state index is 13.0. The van der Waals surface area contributed by atoms with Gasteiger partial charge in [-0.2, -0.15) is 0 Å². The van der Waals surface area contributed by atoms with Crippen LogP contribution in [0.25, 0.3) is 27.4 Å². The van der Waals surface area contributed by atoms with Crippen LogP contribution < -0.4 is 4.74 Å². The highest BCUT2D eigenvalue weighted by molar-refractivity contribution is 9.10. The van der Waals surface area contributed by atoms with E-state index >= 15 is 0 Å². The number of hydrogen-bond acceptors (Lipinski definition) is 3. The number of carbonyl (C=O) groups is 1. The van der Waals surface area contributed by atoms with Gasteiger partial charge in [0.1, 0.15) is 11.4 Å². The first-order valence-corrected chi connectivity index (χ1v) is 8.82. The Morgan fingerprint density at radius 2 is 2.00 bits per heavy atom. The molecule has 5 heteroatoms. The Hall–Kier alpha value is -2.92. The number of benzene rings is 2. The molecule has 4 aromatic rings. The molecule has 26 heavy (non-hydrogen) atoms. The van der Waals surface area contributed by atoms with Crippen molar-refractivity contribution in [3.63, 3.8) is 0 Å². The zero-order valence-corrected chi connectivity index (χ0v) is 15.6. The van der Waals surface area contributed by atoms with Crippen LogP contribution in [0.4, 0.5) is 0 Å². The van der Waals surface area contributed by atoms with Crippen LogP contribution >= 0.6 is 15.9 Å². The number of aromatic amines is 1. The molecule has 0 spiro atoms. The fraction of sp³-hybridized carbons (Fsp3) is 0.0476. The van der Waals surface area contributed by atoms with Gasteiger partial charge >= 0.3 is 0 Å². The highest BCUT2D eigenvalue weighted by Crippen LogP contribution is 2.31. The highest BCUT2D eigenvalue weighted by Gasteiger charge is 2.19. The van der Waals surface area contributed by atoms with Crippen molar-refractivity contribution in [1.29, 1.82) is 0 Å². The molecule has 128 valence electrons. The maximum absolute atomic E-state index is 13.0. The van der Waals surface area contributed by atoms with Gasteiger partial charge in [-0.15, -0.1) is 0 Å². The largest absolute Gasteiger partial charge is 0.497 e. The van der Waals surface area contributed by atoms with Crippen LogP contribution in [-0.2, 0) is 0 Å². The molecule has 0 aliphatic heterocycles. The molecule has 2 aromatic heterocycles. The Bertz CT molecular complexity index is 1180. The minimum Gasteiger partial charge on any atom is -0.497 e. The van der Waals surface area contributed by atoms with Crippen LogP contribution in [-0.4, -0.2) is 22.9 Å². The number of allylic oxidation sites excluding steroid dienone is 1. The van der Waals surface area contributed by atoms with Crippen molar-refractivity contribution >= 4 is 49.1 Å². The average Bonchev–Trinajstić information content (AvgIpc) is 3.04. The van der Waals surface area contributed by atoms with Gasteiger partial charge in [-0.3, -0.25) is 9.78 Å². The number of Topliss-reactive ketones (excluding diaryl/α,β-unsaturated/α-hetero) is 1. The molecule has 0 saturated heterocycles. The van der Waals surface area contributed by atoms with Crippen LogP contribution in [0.5, 0.6) is 5.75 Å². The summed E-state index contributed by atoms with van der Waals surface area (Å²) in [6, 6.07) is 15.2. The van der Waals surface area contributed by atoms with Gasteiger partial charge in [0.05, 0.1) is 12.6 Å². The number of hydrogen-bond donors (Lipinski definition) is 1. The van der Waals surface area contributed by atoms with Gasteiger partial charge in [0.2, 0.25) is 5.78 Å². The van der Waals surface area contributed by atoms with Gasteiger partial charge in [0, 0.05) is 32.5 Å². The monoisotopic (exact) mass is 406 g/mol. The molecular weight excluding hydrogens is 392 g/mol. The van der Waals surface area contributed by atoms with Crippen molar-refractivity contribution in [1.82, 2.24) is 9.97 Å². The zero-order valence-electron chi connectivity index (χ0n) is 14.0. The summed E-state index contributed by atoms with van der Waals surface area (Å²) < 4.78 is 6.21. The normalized spacial score (nSPS) is 11.0. The topological polar surface area (TPSA) is 55.0 Å². The second-order valence-corrected chi connectivity index (χ2v) is 6.85. The lowest BCUT2D eigenvalue weighted by atomic mass is 10.0. The molecule has 2 heterocycles. The molecule has 0 saturated carbocycles. The molecule has 0 aliphatic rings. The minimum atomic E-state index is -0.202. The van der Waals surface area contributed by atoms with E-state index in [1.807, 2.05) is 48.5 Å². The number of nitrogens with zero attached hydrogens (tertiary/aromatic N) is 1. The number of ketones is 1. The quantitative estimate of drug-likeness (QED) is 0.365. The van der Waals surface area contributed by atoms with Crippen molar-refractivity contribution in [2.24, 2.45) is 0 Å². The van der Waals surface area contributed by atoms with Crippen molar-refractivity contribution in [3.8, 4) is 5.75 Å². The molecule has 0 bridgehead atoms. The lowest BCUT2D eigenvalue weighted by Gasteiger charge is -2.06. The van der Waals surface area contributed by atoms with Crippen molar-refractivity contribution in [2.75, 3.05) is 7.11 Å². The predicted molar refractivity (Wildman–Crippen MR) is 108 cm³/mol. The van der Waals surface area contributed by atoms with Crippen LogP contribution in [0, 0.1) is 0 Å². The molecule has 0 unspecified atom stereocenters. The first-order valence-electron chi connectivity index (χ1n) is 8.02. The predicted octanol–water partition coefficient (Wildman–Crippen LogP) is 5.38. The summed E-state index contributed by atoms with van der Waals surface area (Å²) in [6.07, 6.45) is 1.65. The van der Waals surface area contributed by atoms with Gasteiger partial charge in [-0.1, -0.05) is 34.6 Å². The van der Waals surface area contributed by atoms with E-state index in [4.69, 9.17) is 4.74 Å². The Kier molecular flexibility index (Phi) is 4.09. The summed E-state index contributed by atoms with van der Waals surface area (Å²) in [5, 5.41) is 1.92. The Balaban J connectivity index is 1.86. The number of ether oxygens (including phenoxy) is 1. The fourth-order valence-electron chi connectivity index (χ4n) is 3.05. The number of H-pyrrole nitrogens is 1. The van der Waals surface area contributed by atoms with Crippen LogP contribution in [0.1, 0.15) is 16.1 Å². The number of aromatic nitrogens is 2. The van der Waals surface area contributed by atoms with Gasteiger partial charge in [0.15, 0.2) is 0 Å². The molecule has 0 atom stereocenters. The summed E-state index contributed by atoms with van der Waals surface area (Å²) in [4.78, 5) is 20.7. The number of nitrogens with one attached hydrogen (secondary N) is 1. The molecule has 4 rings (SSSR count). The zero-order chi connectivity index (χ0) is 18.3. The first kappa shape index (κ1) is 16.5. The number of rotatable bonds is 4. The molecule has 1 N–H and O–H groups in total.